The van der Waals surface area contributed by atoms with Gasteiger partial charge in [-0.15, -0.1) is 0 Å². The molecule has 0 unspecified atom stereocenters. The first-order valence-electron chi connectivity index (χ1n) is 16.3. The Morgan fingerprint density at radius 2 is 0.980 bits per heavy atom. The van der Waals surface area contributed by atoms with Crippen molar-refractivity contribution in [3.8, 4) is 56.5 Å². The van der Waals surface area contributed by atoms with Gasteiger partial charge < -0.3 is 4.40 Å². The van der Waals surface area contributed by atoms with E-state index in [1.807, 2.05) is 72.8 Å². The molecule has 0 aliphatic heterocycles. The quantitative estimate of drug-likeness (QED) is 0.184. The van der Waals surface area contributed by atoms with Crippen molar-refractivity contribution in [1.82, 2.24) is 24.3 Å². The largest absolute Gasteiger partial charge is 0.301 e. The Hall–Kier alpha value is -6.72. The summed E-state index contributed by atoms with van der Waals surface area (Å²) < 4.78 is 2.17. The zero-order valence-corrected chi connectivity index (χ0v) is 26.5. The lowest BCUT2D eigenvalue weighted by Crippen LogP contribution is -2.00. The van der Waals surface area contributed by atoms with Gasteiger partial charge in [-0.05, 0) is 34.7 Å². The van der Waals surface area contributed by atoms with E-state index in [-0.39, 0.29) is 0 Å². The molecule has 9 aromatic rings. The number of pyridine rings is 2. The first-order chi connectivity index (χ1) is 24.2. The molecular weight excluding hydrogens is 599 g/mol. The van der Waals surface area contributed by atoms with Crippen LogP contribution in [0.2, 0.25) is 0 Å². The van der Waals surface area contributed by atoms with Gasteiger partial charge in [0.15, 0.2) is 17.5 Å². The lowest BCUT2D eigenvalue weighted by molar-refractivity contribution is 1.07. The van der Waals surface area contributed by atoms with Gasteiger partial charge in [-0.3, -0.25) is 0 Å². The standard InChI is InChI=1S/C44H29N5/c1-2-35-38-22-11-12-27-49(38)44-39(35)36-20-9-10-21-37(36)40(45-44)34-19-13-18-33(28-34)29-23-25-32(26-24-29)43-47-41(30-14-5-3-6-15-30)46-42(48-43)31-16-7-4-8-17-31/h2-28H,1H2. The van der Waals surface area contributed by atoms with Gasteiger partial charge in [0.25, 0.3) is 0 Å². The summed E-state index contributed by atoms with van der Waals surface area (Å²) >= 11 is 0. The van der Waals surface area contributed by atoms with Gasteiger partial charge in [0.05, 0.1) is 11.2 Å². The number of benzene rings is 5. The van der Waals surface area contributed by atoms with E-state index in [0.29, 0.717) is 17.5 Å². The van der Waals surface area contributed by atoms with E-state index >= 15 is 0 Å². The van der Waals surface area contributed by atoms with Crippen molar-refractivity contribution in [1.29, 1.82) is 0 Å². The van der Waals surface area contributed by atoms with E-state index in [4.69, 9.17) is 19.9 Å². The number of nitrogens with zero attached hydrogens (tertiary/aromatic N) is 5. The van der Waals surface area contributed by atoms with E-state index in [9.17, 15) is 0 Å². The summed E-state index contributed by atoms with van der Waals surface area (Å²) in [6.07, 6.45) is 4.02. The smallest absolute Gasteiger partial charge is 0.164 e. The summed E-state index contributed by atoms with van der Waals surface area (Å²) in [5.41, 5.74) is 10.2. The monoisotopic (exact) mass is 627 g/mol. The molecule has 0 radical (unpaired) electrons. The van der Waals surface area contributed by atoms with Crippen LogP contribution < -0.4 is 0 Å². The minimum absolute atomic E-state index is 0.635. The zero-order valence-electron chi connectivity index (χ0n) is 26.5. The molecule has 4 aromatic heterocycles. The van der Waals surface area contributed by atoms with Gasteiger partial charge in [-0.25, -0.2) is 19.9 Å². The van der Waals surface area contributed by atoms with Crippen molar-refractivity contribution >= 4 is 33.4 Å². The molecule has 230 valence electrons. The third-order valence-corrected chi connectivity index (χ3v) is 9.04. The van der Waals surface area contributed by atoms with Crippen molar-refractivity contribution < 1.29 is 0 Å². The minimum atomic E-state index is 0.635. The second-order valence-electron chi connectivity index (χ2n) is 12.0. The second kappa shape index (κ2) is 11.8. The van der Waals surface area contributed by atoms with Crippen LogP contribution in [0.15, 0.2) is 164 Å². The second-order valence-corrected chi connectivity index (χ2v) is 12.0. The lowest BCUT2D eigenvalue weighted by Gasteiger charge is -2.11. The molecule has 5 heteroatoms. The fraction of sp³-hybridized carbons (Fsp3) is 0. The topological polar surface area (TPSA) is 56.0 Å². The van der Waals surface area contributed by atoms with Gasteiger partial charge in [0.1, 0.15) is 5.65 Å². The number of aromatic nitrogens is 5. The highest BCUT2D eigenvalue weighted by Gasteiger charge is 2.18. The minimum Gasteiger partial charge on any atom is -0.301 e. The van der Waals surface area contributed by atoms with E-state index in [1.165, 1.54) is 0 Å². The highest BCUT2D eigenvalue weighted by Crippen LogP contribution is 2.38. The maximum atomic E-state index is 5.32. The van der Waals surface area contributed by atoms with Crippen LogP contribution in [0.1, 0.15) is 5.56 Å². The predicted molar refractivity (Wildman–Crippen MR) is 201 cm³/mol. The molecule has 0 aliphatic carbocycles. The predicted octanol–water partition coefficient (Wildman–Crippen LogP) is 10.8. The van der Waals surface area contributed by atoms with Crippen LogP contribution in [0.4, 0.5) is 0 Å². The molecule has 0 bridgehead atoms. The normalized spacial score (nSPS) is 11.3. The number of rotatable bonds is 6. The Balaban J connectivity index is 1.13. The molecule has 0 spiro atoms. The Morgan fingerprint density at radius 3 is 1.63 bits per heavy atom. The summed E-state index contributed by atoms with van der Waals surface area (Å²) in [5, 5.41) is 3.40. The van der Waals surface area contributed by atoms with E-state index in [2.05, 4.69) is 102 Å². The summed E-state index contributed by atoms with van der Waals surface area (Å²) in [4.78, 5) is 20.0. The van der Waals surface area contributed by atoms with Crippen molar-refractivity contribution in [2.45, 2.75) is 0 Å². The average Bonchev–Trinajstić information content (AvgIpc) is 3.52. The van der Waals surface area contributed by atoms with Crippen molar-refractivity contribution in [3.05, 3.63) is 170 Å². The van der Waals surface area contributed by atoms with Crippen LogP contribution in [-0.2, 0) is 0 Å². The molecule has 0 amide bonds. The fourth-order valence-corrected chi connectivity index (χ4v) is 6.69. The van der Waals surface area contributed by atoms with E-state index in [1.54, 1.807) is 0 Å². The summed E-state index contributed by atoms with van der Waals surface area (Å²) in [7, 11) is 0. The number of hydrogen-bond acceptors (Lipinski definition) is 4. The van der Waals surface area contributed by atoms with Gasteiger partial charge >= 0.3 is 0 Å². The maximum absolute atomic E-state index is 5.32. The highest BCUT2D eigenvalue weighted by atomic mass is 15.0. The Kier molecular flexibility index (Phi) is 6.87. The molecule has 0 saturated heterocycles. The molecule has 0 saturated carbocycles. The molecule has 5 aromatic carbocycles. The van der Waals surface area contributed by atoms with Crippen LogP contribution in [0.3, 0.4) is 0 Å². The third-order valence-electron chi connectivity index (χ3n) is 9.04. The molecule has 0 fully saturated rings. The molecule has 4 heterocycles. The van der Waals surface area contributed by atoms with Crippen molar-refractivity contribution in [2.75, 3.05) is 0 Å². The zero-order chi connectivity index (χ0) is 32.7. The van der Waals surface area contributed by atoms with Crippen LogP contribution >= 0.6 is 0 Å². The van der Waals surface area contributed by atoms with Crippen LogP contribution in [-0.4, -0.2) is 24.3 Å². The Bertz CT molecular complexity index is 2600. The molecule has 9 rings (SSSR count). The fourth-order valence-electron chi connectivity index (χ4n) is 6.69. The van der Waals surface area contributed by atoms with Gasteiger partial charge in [-0.1, -0.05) is 146 Å². The highest BCUT2D eigenvalue weighted by molar-refractivity contribution is 6.16. The van der Waals surface area contributed by atoms with Gasteiger partial charge in [0.2, 0.25) is 0 Å². The maximum Gasteiger partial charge on any atom is 0.164 e. The molecule has 49 heavy (non-hydrogen) atoms. The van der Waals surface area contributed by atoms with Crippen LogP contribution in [0.25, 0.3) is 89.9 Å². The number of hydrogen-bond donors (Lipinski definition) is 0. The van der Waals surface area contributed by atoms with Crippen LogP contribution in [0, 0.1) is 0 Å². The number of fused-ring (bicyclic) bond motifs is 5. The van der Waals surface area contributed by atoms with Crippen molar-refractivity contribution in [2.24, 2.45) is 0 Å². The van der Waals surface area contributed by atoms with Crippen LogP contribution in [0.5, 0.6) is 0 Å². The van der Waals surface area contributed by atoms with E-state index < -0.39 is 0 Å². The summed E-state index contributed by atoms with van der Waals surface area (Å²) in [6.45, 7) is 4.15. The van der Waals surface area contributed by atoms with E-state index in [0.717, 1.165) is 72.0 Å². The molecule has 5 nitrogen and oxygen atoms in total. The van der Waals surface area contributed by atoms with Gasteiger partial charge in [0, 0.05) is 44.8 Å². The summed E-state index contributed by atoms with van der Waals surface area (Å²) in [6, 6.07) is 51.9. The lowest BCUT2D eigenvalue weighted by atomic mass is 9.97. The molecule has 0 atom stereocenters. The SMILES string of the molecule is C=Cc1c2c3ccccc3c(-c3cccc(-c4ccc(-c5nc(-c6ccccc6)nc(-c6ccccc6)n5)cc4)c3)nc2n2ccccc12. The first kappa shape index (κ1) is 28.5. The molecule has 0 aliphatic rings. The third kappa shape index (κ3) is 4.96. The van der Waals surface area contributed by atoms with Crippen molar-refractivity contribution in [3.63, 3.8) is 0 Å². The Morgan fingerprint density at radius 1 is 0.449 bits per heavy atom. The van der Waals surface area contributed by atoms with Gasteiger partial charge in [-0.2, -0.15) is 0 Å². The molecule has 0 N–H and O–H groups in total. The summed E-state index contributed by atoms with van der Waals surface area (Å²) in [5.74, 6) is 1.93. The Labute approximate surface area is 283 Å². The average molecular weight is 628 g/mol. The molecular formula is C44H29N5. The first-order valence-corrected chi connectivity index (χ1v) is 16.3.